The molecule has 0 fully saturated rings. The van der Waals surface area contributed by atoms with E-state index in [0.29, 0.717) is 11.8 Å². The summed E-state index contributed by atoms with van der Waals surface area (Å²) in [6, 6.07) is 12.7. The number of fused-ring (bicyclic) bond motifs is 1. The third-order valence-corrected chi connectivity index (χ3v) is 4.36. The van der Waals surface area contributed by atoms with Crippen molar-refractivity contribution in [2.24, 2.45) is 0 Å². The molecule has 2 heterocycles. The number of aromatic nitrogens is 2. The van der Waals surface area contributed by atoms with E-state index in [0.717, 1.165) is 36.3 Å². The minimum Gasteiger partial charge on any atom is -0.441 e. The average Bonchev–Trinajstić information content (AvgIpc) is 2.99. The zero-order chi connectivity index (χ0) is 14.9. The van der Waals surface area contributed by atoms with E-state index in [1.807, 2.05) is 12.1 Å². The summed E-state index contributed by atoms with van der Waals surface area (Å²) >= 11 is 0. The first kappa shape index (κ1) is 13.3. The van der Waals surface area contributed by atoms with Crippen LogP contribution in [0.5, 0.6) is 0 Å². The van der Waals surface area contributed by atoms with E-state index in [1.54, 1.807) is 12.4 Å². The molecule has 1 aliphatic rings. The van der Waals surface area contributed by atoms with Crippen LogP contribution in [0, 0.1) is 6.92 Å². The monoisotopic (exact) mass is 290 g/mol. The molecule has 4 rings (SSSR count). The maximum atomic E-state index is 6.02. The summed E-state index contributed by atoms with van der Waals surface area (Å²) in [6.45, 7) is 2.15. The van der Waals surface area contributed by atoms with Crippen LogP contribution in [0.15, 0.2) is 53.2 Å². The van der Waals surface area contributed by atoms with E-state index in [2.05, 4.69) is 41.2 Å². The first-order valence-electron chi connectivity index (χ1n) is 7.75. The molecular weight excluding hydrogens is 272 g/mol. The Kier molecular flexibility index (Phi) is 3.26. The first-order valence-corrected chi connectivity index (χ1v) is 7.75. The van der Waals surface area contributed by atoms with Crippen LogP contribution in [-0.4, -0.2) is 9.97 Å². The third kappa shape index (κ3) is 2.43. The van der Waals surface area contributed by atoms with Gasteiger partial charge in [-0.3, -0.25) is 4.98 Å². The Labute approximate surface area is 130 Å². The second-order valence-electron chi connectivity index (χ2n) is 5.98. The van der Waals surface area contributed by atoms with E-state index in [1.165, 1.54) is 11.1 Å². The SMILES string of the molecule is Cc1cccc(C2CCc3nc(-c4cccnc4)oc3C2)c1. The van der Waals surface area contributed by atoms with Gasteiger partial charge in [0.2, 0.25) is 5.89 Å². The summed E-state index contributed by atoms with van der Waals surface area (Å²) < 4.78 is 6.02. The maximum Gasteiger partial charge on any atom is 0.228 e. The Hall–Kier alpha value is -2.42. The summed E-state index contributed by atoms with van der Waals surface area (Å²) in [5.74, 6) is 2.27. The lowest BCUT2D eigenvalue weighted by Crippen LogP contribution is -2.11. The molecule has 0 bridgehead atoms. The number of rotatable bonds is 2. The highest BCUT2D eigenvalue weighted by Gasteiger charge is 2.25. The average molecular weight is 290 g/mol. The summed E-state index contributed by atoms with van der Waals surface area (Å²) in [5.41, 5.74) is 4.79. The van der Waals surface area contributed by atoms with Gasteiger partial charge in [-0.25, -0.2) is 4.98 Å². The van der Waals surface area contributed by atoms with Crippen LogP contribution in [-0.2, 0) is 12.8 Å². The lowest BCUT2D eigenvalue weighted by Gasteiger charge is -2.20. The lowest BCUT2D eigenvalue weighted by atomic mass is 9.84. The fraction of sp³-hybridized carbons (Fsp3) is 0.263. The zero-order valence-electron chi connectivity index (χ0n) is 12.6. The Morgan fingerprint density at radius 2 is 2.14 bits per heavy atom. The van der Waals surface area contributed by atoms with Crippen LogP contribution in [0.1, 0.15) is 34.9 Å². The van der Waals surface area contributed by atoms with Gasteiger partial charge in [-0.1, -0.05) is 29.8 Å². The van der Waals surface area contributed by atoms with Crippen molar-refractivity contribution in [3.8, 4) is 11.5 Å². The molecule has 0 aliphatic heterocycles. The molecule has 1 aromatic carbocycles. The molecule has 3 heteroatoms. The van der Waals surface area contributed by atoms with Gasteiger partial charge in [-0.05, 0) is 43.4 Å². The molecule has 0 saturated heterocycles. The van der Waals surface area contributed by atoms with Crippen molar-refractivity contribution in [3.05, 3.63) is 71.4 Å². The van der Waals surface area contributed by atoms with Gasteiger partial charge in [0.25, 0.3) is 0 Å². The molecule has 0 amide bonds. The minimum atomic E-state index is 0.530. The van der Waals surface area contributed by atoms with Crippen LogP contribution in [0.2, 0.25) is 0 Å². The van der Waals surface area contributed by atoms with E-state index < -0.39 is 0 Å². The molecule has 110 valence electrons. The zero-order valence-corrected chi connectivity index (χ0v) is 12.6. The number of hydrogen-bond donors (Lipinski definition) is 0. The fourth-order valence-electron chi connectivity index (χ4n) is 3.20. The normalized spacial score (nSPS) is 17.2. The highest BCUT2D eigenvalue weighted by molar-refractivity contribution is 5.52. The van der Waals surface area contributed by atoms with Crippen LogP contribution < -0.4 is 0 Å². The minimum absolute atomic E-state index is 0.530. The van der Waals surface area contributed by atoms with Gasteiger partial charge >= 0.3 is 0 Å². The van der Waals surface area contributed by atoms with Crippen LogP contribution in [0.25, 0.3) is 11.5 Å². The van der Waals surface area contributed by atoms with Crippen molar-refractivity contribution in [2.75, 3.05) is 0 Å². The van der Waals surface area contributed by atoms with Gasteiger partial charge in [0.15, 0.2) is 0 Å². The smallest absolute Gasteiger partial charge is 0.228 e. The summed E-state index contributed by atoms with van der Waals surface area (Å²) in [6.07, 6.45) is 6.62. The summed E-state index contributed by atoms with van der Waals surface area (Å²) in [7, 11) is 0. The van der Waals surface area contributed by atoms with E-state index >= 15 is 0 Å². The van der Waals surface area contributed by atoms with Crippen molar-refractivity contribution in [1.82, 2.24) is 9.97 Å². The number of nitrogens with zero attached hydrogens (tertiary/aromatic N) is 2. The molecule has 1 atom stereocenters. The Balaban J connectivity index is 1.63. The Bertz CT molecular complexity index is 792. The summed E-state index contributed by atoms with van der Waals surface area (Å²) in [5, 5.41) is 0. The highest BCUT2D eigenvalue weighted by Crippen LogP contribution is 2.35. The highest BCUT2D eigenvalue weighted by atomic mass is 16.4. The number of benzene rings is 1. The van der Waals surface area contributed by atoms with Crippen molar-refractivity contribution in [3.63, 3.8) is 0 Å². The van der Waals surface area contributed by atoms with E-state index in [4.69, 9.17) is 4.42 Å². The van der Waals surface area contributed by atoms with Crippen molar-refractivity contribution in [1.29, 1.82) is 0 Å². The van der Waals surface area contributed by atoms with Crippen LogP contribution in [0.3, 0.4) is 0 Å². The van der Waals surface area contributed by atoms with Crippen molar-refractivity contribution >= 4 is 0 Å². The van der Waals surface area contributed by atoms with Crippen molar-refractivity contribution in [2.45, 2.75) is 32.1 Å². The van der Waals surface area contributed by atoms with Gasteiger partial charge in [0.1, 0.15) is 5.76 Å². The summed E-state index contributed by atoms with van der Waals surface area (Å²) in [4.78, 5) is 8.80. The van der Waals surface area contributed by atoms with Gasteiger partial charge in [-0.15, -0.1) is 0 Å². The number of pyridine rings is 1. The molecule has 2 aromatic heterocycles. The molecule has 0 spiro atoms. The van der Waals surface area contributed by atoms with Gasteiger partial charge in [0.05, 0.1) is 11.3 Å². The molecule has 0 saturated carbocycles. The second kappa shape index (κ2) is 5.41. The molecule has 0 N–H and O–H groups in total. The maximum absolute atomic E-state index is 6.02. The quantitative estimate of drug-likeness (QED) is 0.705. The Morgan fingerprint density at radius 3 is 2.95 bits per heavy atom. The Morgan fingerprint density at radius 1 is 1.18 bits per heavy atom. The fourth-order valence-corrected chi connectivity index (χ4v) is 3.20. The molecule has 1 unspecified atom stereocenters. The van der Waals surface area contributed by atoms with Crippen LogP contribution >= 0.6 is 0 Å². The predicted octanol–water partition coefficient (Wildman–Crippen LogP) is 4.32. The largest absolute Gasteiger partial charge is 0.441 e. The van der Waals surface area contributed by atoms with Crippen LogP contribution in [0.4, 0.5) is 0 Å². The molecule has 3 nitrogen and oxygen atoms in total. The molecule has 1 aliphatic carbocycles. The van der Waals surface area contributed by atoms with Gasteiger partial charge in [-0.2, -0.15) is 0 Å². The van der Waals surface area contributed by atoms with E-state index in [-0.39, 0.29) is 0 Å². The predicted molar refractivity (Wildman–Crippen MR) is 85.7 cm³/mol. The van der Waals surface area contributed by atoms with E-state index in [9.17, 15) is 0 Å². The van der Waals surface area contributed by atoms with Crippen molar-refractivity contribution < 1.29 is 4.42 Å². The van der Waals surface area contributed by atoms with Gasteiger partial charge < -0.3 is 4.42 Å². The number of hydrogen-bond acceptors (Lipinski definition) is 3. The topological polar surface area (TPSA) is 38.9 Å². The lowest BCUT2D eigenvalue weighted by molar-refractivity contribution is 0.458. The molecule has 3 aromatic rings. The van der Waals surface area contributed by atoms with Gasteiger partial charge in [0, 0.05) is 18.8 Å². The first-order chi connectivity index (χ1) is 10.8. The molecule has 0 radical (unpaired) electrons. The molecular formula is C19H18N2O. The number of aryl methyl sites for hydroxylation is 2. The standard InChI is InChI=1S/C19H18N2O/c1-13-4-2-5-14(10-13)15-7-8-17-18(11-15)22-19(21-17)16-6-3-9-20-12-16/h2-6,9-10,12,15H,7-8,11H2,1H3. The third-order valence-electron chi connectivity index (χ3n) is 4.36. The molecule has 22 heavy (non-hydrogen) atoms. The second-order valence-corrected chi connectivity index (χ2v) is 5.98. The number of oxazole rings is 1.